The van der Waals surface area contributed by atoms with Crippen LogP contribution in [0.1, 0.15) is 27.7 Å². The summed E-state index contributed by atoms with van der Waals surface area (Å²) in [5.41, 5.74) is 0. The molecule has 2 radical (unpaired) electrons. The molecular weight excluding hydrogens is 713 g/mol. The maximum absolute atomic E-state index is 11.1. The number of hydrogen-bond donors (Lipinski definition) is 2. The Kier molecular flexibility index (Phi) is 28.9. The van der Waals surface area contributed by atoms with E-state index in [4.69, 9.17) is 19.3 Å². The molecule has 21 heavy (non-hydrogen) atoms. The smallest absolute Gasteiger partial charge is 0.267 e. The molecule has 2 N–H and O–H groups in total. The molecule has 1 aliphatic heterocycles. The van der Waals surface area contributed by atoms with E-state index in [0.717, 1.165) is 12.7 Å². The van der Waals surface area contributed by atoms with Crippen molar-refractivity contribution in [2.24, 2.45) is 11.8 Å². The van der Waals surface area contributed by atoms with Gasteiger partial charge in [0, 0.05) is 85.9 Å². The summed E-state index contributed by atoms with van der Waals surface area (Å²) >= 11 is 0. The molecule has 3 atom stereocenters. The van der Waals surface area contributed by atoms with E-state index in [1.54, 1.807) is 27.4 Å². The number of rotatable bonds is 2. The summed E-state index contributed by atoms with van der Waals surface area (Å²) in [5.74, 6) is -0.0537. The van der Waals surface area contributed by atoms with E-state index in [1.807, 2.05) is 6.92 Å². The topological polar surface area (TPSA) is 76.0 Å². The number of hydrogen-bond acceptors (Lipinski definition) is 5. The van der Waals surface area contributed by atoms with Crippen molar-refractivity contribution < 1.29 is 103 Å². The maximum atomic E-state index is 11.1. The standard InChI is InChI=1S/C6H11O3P.C5H10O2.2V.2W/c1-5-4-8-10(3,7)9-6(5)2;1-4(3-6)5(2)7;;;;/h4-5H,1-3H3;3-4,6-7H,1-2H3;;;;/q2*-2;;;;. The van der Waals surface area contributed by atoms with E-state index in [0.29, 0.717) is 0 Å². The zero-order valence-corrected chi connectivity index (χ0v) is 22.1. The number of aliphatic hydroxyl groups excluding tert-OH is 2. The van der Waals surface area contributed by atoms with Gasteiger partial charge in [0.1, 0.15) is 0 Å². The van der Waals surface area contributed by atoms with Crippen molar-refractivity contribution in [2.75, 3.05) is 6.66 Å². The van der Waals surface area contributed by atoms with Crippen molar-refractivity contribution in [3.05, 3.63) is 25.4 Å². The van der Waals surface area contributed by atoms with Gasteiger partial charge >= 0.3 is 0 Å². The first-order valence-corrected chi connectivity index (χ1v) is 7.31. The molecule has 126 valence electrons. The second-order valence-corrected chi connectivity index (χ2v) is 6.02. The molecule has 0 aromatic rings. The van der Waals surface area contributed by atoms with Crippen LogP contribution >= 0.6 is 7.60 Å². The predicted octanol–water partition coefficient (Wildman–Crippen LogP) is 3.28. The van der Waals surface area contributed by atoms with Crippen LogP contribution < -0.4 is 0 Å². The van der Waals surface area contributed by atoms with E-state index in [2.05, 4.69) is 0 Å². The molecule has 1 fully saturated rings. The second kappa shape index (κ2) is 17.4. The first-order chi connectivity index (χ1) is 7.69. The van der Waals surface area contributed by atoms with E-state index in [9.17, 15) is 4.57 Å². The molecule has 1 saturated heterocycles. The van der Waals surface area contributed by atoms with Gasteiger partial charge in [-0.1, -0.05) is 0 Å². The Labute approximate surface area is 180 Å². The van der Waals surface area contributed by atoms with Gasteiger partial charge < -0.3 is 19.3 Å². The van der Waals surface area contributed by atoms with Crippen molar-refractivity contribution in [3.8, 4) is 0 Å². The van der Waals surface area contributed by atoms with Crippen molar-refractivity contribution in [1.82, 2.24) is 0 Å². The van der Waals surface area contributed by atoms with E-state index in [1.165, 1.54) is 6.66 Å². The fourth-order valence-corrected chi connectivity index (χ4v) is 1.91. The monoisotopic (exact) mass is 734 g/mol. The Balaban J connectivity index is -0.0000000713. The van der Waals surface area contributed by atoms with E-state index < -0.39 is 7.60 Å². The summed E-state index contributed by atoms with van der Waals surface area (Å²) in [6.45, 7) is 11.0. The Morgan fingerprint density at radius 2 is 1.86 bits per heavy atom. The molecule has 5 nitrogen and oxygen atoms in total. The van der Waals surface area contributed by atoms with Gasteiger partial charge in [-0.3, -0.25) is 16.4 Å². The molecule has 0 saturated carbocycles. The van der Waals surface area contributed by atoms with Gasteiger partial charge in [-0.15, -0.1) is 13.8 Å². The molecule has 0 bridgehead atoms. The maximum Gasteiger partial charge on any atom is 0.267 e. The van der Waals surface area contributed by atoms with E-state index >= 15 is 0 Å². The van der Waals surface area contributed by atoms with Crippen molar-refractivity contribution >= 4 is 7.60 Å². The summed E-state index contributed by atoms with van der Waals surface area (Å²) in [6, 6.07) is 0. The average Bonchev–Trinajstić information content (AvgIpc) is 2.23. The molecule has 3 unspecified atom stereocenters. The Morgan fingerprint density at radius 3 is 2.05 bits per heavy atom. The van der Waals surface area contributed by atoms with Crippen LogP contribution in [0.4, 0.5) is 0 Å². The first-order valence-electron chi connectivity index (χ1n) is 5.32. The minimum atomic E-state index is -2.77. The minimum Gasteiger partial charge on any atom is -0.568 e. The molecular formula is C11H21O5PV2W2-4. The molecule has 0 amide bonds. The summed E-state index contributed by atoms with van der Waals surface area (Å²) in [4.78, 5) is 0. The third-order valence-electron chi connectivity index (χ3n) is 2.29. The van der Waals surface area contributed by atoms with Crippen LogP contribution in [-0.4, -0.2) is 16.9 Å². The zero-order chi connectivity index (χ0) is 13.6. The Bertz CT molecular complexity index is 275. The van der Waals surface area contributed by atoms with Crippen molar-refractivity contribution in [2.45, 2.75) is 27.7 Å². The van der Waals surface area contributed by atoms with Crippen LogP contribution in [-0.2, 0) is 92.9 Å². The third kappa shape index (κ3) is 17.2. The van der Waals surface area contributed by atoms with Gasteiger partial charge in [0.25, 0.3) is 7.60 Å². The zero-order valence-electron chi connectivity index (χ0n) is 12.6. The number of aliphatic hydroxyl groups is 2. The first kappa shape index (κ1) is 34.9. The summed E-state index contributed by atoms with van der Waals surface area (Å²) in [5, 5.41) is 16.7. The fourth-order valence-electron chi connectivity index (χ4n) is 0.772. The minimum absolute atomic E-state index is 0. The third-order valence-corrected chi connectivity index (χ3v) is 3.41. The average molecular weight is 734 g/mol. The molecule has 0 aromatic heterocycles. The normalized spacial score (nSPS) is 25.8. The Morgan fingerprint density at radius 1 is 1.43 bits per heavy atom. The quantitative estimate of drug-likeness (QED) is 0.337. The largest absolute Gasteiger partial charge is 0.568 e. The van der Waals surface area contributed by atoms with Gasteiger partial charge in [0.15, 0.2) is 0 Å². The van der Waals surface area contributed by atoms with Gasteiger partial charge in [0.05, 0.1) is 0 Å². The van der Waals surface area contributed by atoms with Gasteiger partial charge in [-0.25, -0.2) is 25.4 Å². The van der Waals surface area contributed by atoms with Crippen molar-refractivity contribution in [3.63, 3.8) is 0 Å². The van der Waals surface area contributed by atoms with Crippen LogP contribution in [0.2, 0.25) is 0 Å². The van der Waals surface area contributed by atoms with E-state index in [-0.39, 0.29) is 97.2 Å². The SMILES string of the molecule is C[C-](O)C(C)[CH-]O.C[C-]1OP(C)(=O)O[CH-]C1C.[V].[V].[W].[W]. The molecule has 0 spiro atoms. The van der Waals surface area contributed by atoms with Crippen LogP contribution in [0, 0.1) is 37.3 Å². The molecule has 0 aromatic carbocycles. The Hall–Kier alpha value is 2.62. The van der Waals surface area contributed by atoms with Gasteiger partial charge in [0.2, 0.25) is 0 Å². The molecule has 1 rings (SSSR count). The summed E-state index contributed by atoms with van der Waals surface area (Å²) in [6.07, 6.45) is 1.000. The molecule has 10 heteroatoms. The van der Waals surface area contributed by atoms with Crippen LogP contribution in [0.5, 0.6) is 0 Å². The van der Waals surface area contributed by atoms with Crippen LogP contribution in [0.15, 0.2) is 0 Å². The predicted molar refractivity (Wildman–Crippen MR) is 64.3 cm³/mol. The molecule has 0 aliphatic carbocycles. The summed E-state index contributed by atoms with van der Waals surface area (Å²) in [7, 11) is -2.77. The van der Waals surface area contributed by atoms with Crippen LogP contribution in [0.25, 0.3) is 0 Å². The molecule has 1 heterocycles. The van der Waals surface area contributed by atoms with Gasteiger partial charge in [-0.2, -0.15) is 13.8 Å². The fraction of sp³-hybridized carbons (Fsp3) is 0.636. The van der Waals surface area contributed by atoms with Gasteiger partial charge in [-0.05, 0) is 0 Å². The van der Waals surface area contributed by atoms with Crippen molar-refractivity contribution in [1.29, 1.82) is 0 Å². The second-order valence-electron chi connectivity index (χ2n) is 4.08. The molecule has 1 aliphatic rings. The van der Waals surface area contributed by atoms with Crippen LogP contribution in [0.3, 0.4) is 0 Å². The summed E-state index contributed by atoms with van der Waals surface area (Å²) < 4.78 is 20.9.